The Morgan fingerprint density at radius 2 is 2.12 bits per heavy atom. The smallest absolute Gasteiger partial charge is 0.138 e. The van der Waals surface area contributed by atoms with E-state index in [2.05, 4.69) is 6.07 Å². The third-order valence-corrected chi connectivity index (χ3v) is 4.07. The molecule has 0 aromatic heterocycles. The summed E-state index contributed by atoms with van der Waals surface area (Å²) in [6, 6.07) is 12.3. The molecule has 1 aliphatic carbocycles. The zero-order chi connectivity index (χ0) is 11.4. The number of hydrogen-bond acceptors (Lipinski definition) is 3. The van der Waals surface area contributed by atoms with Crippen molar-refractivity contribution in [2.45, 2.75) is 17.7 Å². The van der Waals surface area contributed by atoms with Gasteiger partial charge in [0.05, 0.1) is 12.0 Å². The minimum absolute atomic E-state index is 0.0600. The van der Waals surface area contributed by atoms with Crippen LogP contribution in [0.25, 0.3) is 0 Å². The van der Waals surface area contributed by atoms with Gasteiger partial charge in [-0.15, -0.1) is 11.8 Å². The molecule has 2 atom stereocenters. The molecule has 1 aliphatic rings. The fourth-order valence-corrected chi connectivity index (χ4v) is 3.11. The molecule has 2 rings (SSSR count). The van der Waals surface area contributed by atoms with E-state index in [0.717, 1.165) is 12.2 Å². The number of thioether (sulfide) groups is 1. The zero-order valence-corrected chi connectivity index (χ0v) is 9.74. The first-order valence-corrected chi connectivity index (χ1v) is 6.40. The summed E-state index contributed by atoms with van der Waals surface area (Å²) in [5.41, 5.74) is 0. The van der Waals surface area contributed by atoms with Crippen LogP contribution in [0.2, 0.25) is 0 Å². The van der Waals surface area contributed by atoms with Gasteiger partial charge in [-0.05, 0) is 18.6 Å². The first-order valence-electron chi connectivity index (χ1n) is 5.41. The van der Waals surface area contributed by atoms with Crippen LogP contribution in [0, 0.1) is 23.2 Å². The number of carbonyl (C=O) groups excluding carboxylic acids is 1. The quantitative estimate of drug-likeness (QED) is 0.751. The molecule has 0 bridgehead atoms. The van der Waals surface area contributed by atoms with E-state index in [1.165, 1.54) is 4.90 Å². The van der Waals surface area contributed by atoms with Gasteiger partial charge < -0.3 is 0 Å². The van der Waals surface area contributed by atoms with Crippen molar-refractivity contribution < 1.29 is 4.79 Å². The van der Waals surface area contributed by atoms with Crippen molar-refractivity contribution >= 4 is 17.5 Å². The van der Waals surface area contributed by atoms with Crippen molar-refractivity contribution in [3.05, 3.63) is 30.3 Å². The van der Waals surface area contributed by atoms with Crippen molar-refractivity contribution in [1.29, 1.82) is 5.26 Å². The van der Waals surface area contributed by atoms with Crippen molar-refractivity contribution in [2.24, 2.45) is 11.8 Å². The van der Waals surface area contributed by atoms with Gasteiger partial charge >= 0.3 is 0 Å². The maximum Gasteiger partial charge on any atom is 0.138 e. The van der Waals surface area contributed by atoms with Crippen molar-refractivity contribution in [1.82, 2.24) is 0 Å². The molecular weight excluding hydrogens is 218 g/mol. The number of rotatable bonds is 3. The zero-order valence-electron chi connectivity index (χ0n) is 8.93. The van der Waals surface area contributed by atoms with E-state index in [9.17, 15) is 4.79 Å². The molecule has 0 amide bonds. The van der Waals surface area contributed by atoms with Gasteiger partial charge in [0.2, 0.25) is 0 Å². The minimum atomic E-state index is -0.0660. The van der Waals surface area contributed by atoms with E-state index >= 15 is 0 Å². The molecule has 2 unspecified atom stereocenters. The van der Waals surface area contributed by atoms with Gasteiger partial charge in [-0.25, -0.2) is 0 Å². The normalized spacial score (nSPS) is 24.3. The number of nitrogens with zero attached hydrogens (tertiary/aromatic N) is 1. The summed E-state index contributed by atoms with van der Waals surface area (Å²) in [5, 5.41) is 8.94. The van der Waals surface area contributed by atoms with Crippen LogP contribution in [-0.2, 0) is 4.79 Å². The second kappa shape index (κ2) is 5.18. The molecule has 1 saturated carbocycles. The Kier molecular flexibility index (Phi) is 3.63. The number of hydrogen-bond donors (Lipinski definition) is 0. The van der Waals surface area contributed by atoms with E-state index in [-0.39, 0.29) is 17.6 Å². The molecule has 16 heavy (non-hydrogen) atoms. The Bertz CT molecular complexity index is 410. The van der Waals surface area contributed by atoms with Crippen LogP contribution in [0.1, 0.15) is 12.8 Å². The fourth-order valence-electron chi connectivity index (χ4n) is 1.98. The van der Waals surface area contributed by atoms with Gasteiger partial charge in [-0.2, -0.15) is 5.26 Å². The SMILES string of the molecule is N#CC1CCC(=O)C1CSc1ccccc1. The van der Waals surface area contributed by atoms with E-state index in [1.807, 2.05) is 30.3 Å². The molecule has 1 aromatic carbocycles. The van der Waals surface area contributed by atoms with Gasteiger partial charge in [0.15, 0.2) is 0 Å². The molecule has 2 nitrogen and oxygen atoms in total. The fraction of sp³-hybridized carbons (Fsp3) is 0.385. The Labute approximate surface area is 99.7 Å². The highest BCUT2D eigenvalue weighted by Gasteiger charge is 2.34. The van der Waals surface area contributed by atoms with Crippen molar-refractivity contribution in [2.75, 3.05) is 5.75 Å². The largest absolute Gasteiger partial charge is 0.299 e. The lowest BCUT2D eigenvalue weighted by Gasteiger charge is -2.10. The van der Waals surface area contributed by atoms with Gasteiger partial charge in [-0.3, -0.25) is 4.79 Å². The van der Waals surface area contributed by atoms with Gasteiger partial charge in [-0.1, -0.05) is 18.2 Å². The average molecular weight is 231 g/mol. The monoisotopic (exact) mass is 231 g/mol. The lowest BCUT2D eigenvalue weighted by molar-refractivity contribution is -0.120. The van der Waals surface area contributed by atoms with Gasteiger partial charge in [0.25, 0.3) is 0 Å². The predicted molar refractivity (Wildman–Crippen MR) is 64.0 cm³/mol. The third-order valence-electron chi connectivity index (χ3n) is 2.94. The van der Waals surface area contributed by atoms with E-state index < -0.39 is 0 Å². The molecule has 82 valence electrons. The van der Waals surface area contributed by atoms with Crippen LogP contribution in [0.15, 0.2) is 35.2 Å². The number of carbonyl (C=O) groups is 1. The number of benzene rings is 1. The minimum Gasteiger partial charge on any atom is -0.299 e. The first kappa shape index (κ1) is 11.2. The van der Waals surface area contributed by atoms with Crippen LogP contribution in [0.5, 0.6) is 0 Å². The van der Waals surface area contributed by atoms with Crippen molar-refractivity contribution in [3.8, 4) is 6.07 Å². The summed E-state index contributed by atoms with van der Waals surface area (Å²) >= 11 is 1.67. The third kappa shape index (κ3) is 2.45. The van der Waals surface area contributed by atoms with E-state index in [1.54, 1.807) is 11.8 Å². The van der Waals surface area contributed by atoms with Gasteiger partial charge in [0, 0.05) is 23.0 Å². The second-order valence-electron chi connectivity index (χ2n) is 3.97. The van der Waals surface area contributed by atoms with Crippen LogP contribution < -0.4 is 0 Å². The lowest BCUT2D eigenvalue weighted by atomic mass is 9.99. The summed E-state index contributed by atoms with van der Waals surface area (Å²) in [6.45, 7) is 0. The molecule has 0 spiro atoms. The summed E-state index contributed by atoms with van der Waals surface area (Å²) < 4.78 is 0. The maximum absolute atomic E-state index is 11.6. The first-order chi connectivity index (χ1) is 7.81. The van der Waals surface area contributed by atoms with Gasteiger partial charge in [0.1, 0.15) is 5.78 Å². The van der Waals surface area contributed by atoms with E-state index in [0.29, 0.717) is 6.42 Å². The Morgan fingerprint density at radius 1 is 1.38 bits per heavy atom. The van der Waals surface area contributed by atoms with Crippen LogP contribution in [-0.4, -0.2) is 11.5 Å². The molecule has 0 heterocycles. The number of nitriles is 1. The average Bonchev–Trinajstić information content (AvgIpc) is 2.69. The highest BCUT2D eigenvalue weighted by molar-refractivity contribution is 7.99. The predicted octanol–water partition coefficient (Wildman–Crippen LogP) is 2.90. The summed E-state index contributed by atoms with van der Waals surface area (Å²) in [5.74, 6) is 0.870. The Balaban J connectivity index is 1.95. The number of Topliss-reactive ketones (excluding diaryl/α,β-unsaturated/α-hetero) is 1. The van der Waals surface area contributed by atoms with Crippen molar-refractivity contribution in [3.63, 3.8) is 0 Å². The lowest BCUT2D eigenvalue weighted by Crippen LogP contribution is -2.16. The molecule has 1 aromatic rings. The maximum atomic E-state index is 11.6. The molecule has 3 heteroatoms. The molecule has 1 fully saturated rings. The molecule has 0 saturated heterocycles. The van der Waals surface area contributed by atoms with Crippen LogP contribution >= 0.6 is 11.8 Å². The van der Waals surface area contributed by atoms with Crippen LogP contribution in [0.4, 0.5) is 0 Å². The summed E-state index contributed by atoms with van der Waals surface area (Å²) in [6.07, 6.45) is 1.33. The van der Waals surface area contributed by atoms with Crippen LogP contribution in [0.3, 0.4) is 0 Å². The molecule has 0 aliphatic heterocycles. The summed E-state index contributed by atoms with van der Waals surface area (Å²) in [7, 11) is 0. The molecular formula is C13H13NOS. The highest BCUT2D eigenvalue weighted by Crippen LogP contribution is 2.32. The van der Waals surface area contributed by atoms with E-state index in [4.69, 9.17) is 5.26 Å². The highest BCUT2D eigenvalue weighted by atomic mass is 32.2. The number of ketones is 1. The molecule has 0 radical (unpaired) electrons. The standard InChI is InChI=1S/C13H13NOS/c14-8-10-6-7-13(15)12(10)9-16-11-4-2-1-3-5-11/h1-5,10,12H,6-7,9H2. The Morgan fingerprint density at radius 3 is 2.81 bits per heavy atom. The molecule has 0 N–H and O–H groups in total. The Hall–Kier alpha value is -1.27. The second-order valence-corrected chi connectivity index (χ2v) is 5.06. The summed E-state index contributed by atoms with van der Waals surface area (Å²) in [4.78, 5) is 12.8. The topological polar surface area (TPSA) is 40.9 Å².